The number of benzene rings is 1. The number of halogens is 1. The minimum Gasteiger partial charge on any atom is -0.478 e. The van der Waals surface area contributed by atoms with Crippen molar-refractivity contribution < 1.29 is 19.1 Å². The summed E-state index contributed by atoms with van der Waals surface area (Å²) in [4.78, 5) is 22.9. The Labute approximate surface area is 117 Å². The van der Waals surface area contributed by atoms with E-state index in [0.717, 1.165) is 0 Å². The highest BCUT2D eigenvalue weighted by Crippen LogP contribution is 2.22. The van der Waals surface area contributed by atoms with Crippen LogP contribution >= 0.6 is 15.9 Å². The molecule has 0 unspecified atom stereocenters. The van der Waals surface area contributed by atoms with Crippen LogP contribution in [-0.4, -0.2) is 17.0 Å². The van der Waals surface area contributed by atoms with Crippen LogP contribution in [0.5, 0.6) is 0 Å². The third kappa shape index (κ3) is 2.85. The van der Waals surface area contributed by atoms with Crippen LogP contribution in [0.1, 0.15) is 26.5 Å². The molecule has 6 heteroatoms. The van der Waals surface area contributed by atoms with E-state index in [1.54, 1.807) is 25.1 Å². The van der Waals surface area contributed by atoms with Crippen LogP contribution in [0.4, 0.5) is 5.69 Å². The van der Waals surface area contributed by atoms with Gasteiger partial charge in [0.1, 0.15) is 0 Å². The van der Waals surface area contributed by atoms with E-state index >= 15 is 0 Å². The second kappa shape index (κ2) is 5.27. The summed E-state index contributed by atoms with van der Waals surface area (Å²) in [5, 5.41) is 11.6. The fraction of sp³-hybridized carbons (Fsp3) is 0.0769. The standard InChI is InChI=1S/C13H10BrNO4/c1-7-4-5-19-11(7)12(16)15-8-2-3-10(14)9(6-8)13(17)18/h2-6H,1H3,(H,15,16)(H,17,18). The number of amides is 1. The number of hydrogen-bond donors (Lipinski definition) is 2. The van der Waals surface area contributed by atoms with Crippen LogP contribution in [0.3, 0.4) is 0 Å². The quantitative estimate of drug-likeness (QED) is 0.908. The Bertz CT molecular complexity index is 648. The van der Waals surface area contributed by atoms with Crippen LogP contribution in [0, 0.1) is 6.92 Å². The Morgan fingerprint density at radius 1 is 1.32 bits per heavy atom. The van der Waals surface area contributed by atoms with Crippen molar-refractivity contribution in [2.75, 3.05) is 5.32 Å². The van der Waals surface area contributed by atoms with Gasteiger partial charge in [0.25, 0.3) is 5.91 Å². The van der Waals surface area contributed by atoms with E-state index < -0.39 is 11.9 Å². The van der Waals surface area contributed by atoms with Crippen molar-refractivity contribution in [3.05, 3.63) is 51.9 Å². The molecule has 0 atom stereocenters. The zero-order valence-corrected chi connectivity index (χ0v) is 11.5. The molecular weight excluding hydrogens is 314 g/mol. The molecule has 0 fully saturated rings. The second-order valence-electron chi connectivity index (χ2n) is 3.89. The van der Waals surface area contributed by atoms with Crippen molar-refractivity contribution in [1.29, 1.82) is 0 Å². The lowest BCUT2D eigenvalue weighted by Crippen LogP contribution is -2.12. The fourth-order valence-corrected chi connectivity index (χ4v) is 1.98. The third-order valence-electron chi connectivity index (χ3n) is 2.52. The molecule has 0 aliphatic heterocycles. The van der Waals surface area contributed by atoms with Crippen LogP contribution < -0.4 is 5.32 Å². The number of nitrogens with one attached hydrogen (secondary N) is 1. The molecule has 2 N–H and O–H groups in total. The number of anilines is 1. The van der Waals surface area contributed by atoms with Gasteiger partial charge in [-0.05, 0) is 47.1 Å². The molecule has 1 heterocycles. The summed E-state index contributed by atoms with van der Waals surface area (Å²) >= 11 is 3.14. The molecule has 0 saturated heterocycles. The fourth-order valence-electron chi connectivity index (χ4n) is 1.56. The lowest BCUT2D eigenvalue weighted by Gasteiger charge is -2.06. The Hall–Kier alpha value is -2.08. The van der Waals surface area contributed by atoms with Gasteiger partial charge in [0.15, 0.2) is 5.76 Å². The molecule has 0 bridgehead atoms. The molecule has 2 aromatic rings. The monoisotopic (exact) mass is 323 g/mol. The van der Waals surface area contributed by atoms with Gasteiger partial charge in [0, 0.05) is 15.7 Å². The van der Waals surface area contributed by atoms with Crippen molar-refractivity contribution in [3.63, 3.8) is 0 Å². The molecule has 19 heavy (non-hydrogen) atoms. The van der Waals surface area contributed by atoms with Gasteiger partial charge >= 0.3 is 5.97 Å². The van der Waals surface area contributed by atoms with Crippen molar-refractivity contribution in [3.8, 4) is 0 Å². The molecule has 1 aromatic carbocycles. The highest BCUT2D eigenvalue weighted by atomic mass is 79.9. The minimum atomic E-state index is -1.07. The van der Waals surface area contributed by atoms with Gasteiger partial charge in [-0.15, -0.1) is 0 Å². The zero-order chi connectivity index (χ0) is 14.0. The molecule has 1 aromatic heterocycles. The van der Waals surface area contributed by atoms with Crippen molar-refractivity contribution in [2.24, 2.45) is 0 Å². The van der Waals surface area contributed by atoms with E-state index in [9.17, 15) is 9.59 Å². The number of carbonyl (C=O) groups excluding carboxylic acids is 1. The van der Waals surface area contributed by atoms with Gasteiger partial charge in [-0.1, -0.05) is 0 Å². The number of aryl methyl sites for hydroxylation is 1. The highest BCUT2D eigenvalue weighted by Gasteiger charge is 2.14. The number of rotatable bonds is 3. The van der Waals surface area contributed by atoms with Crippen molar-refractivity contribution >= 4 is 33.5 Å². The summed E-state index contributed by atoms with van der Waals surface area (Å²) in [6.07, 6.45) is 1.43. The van der Waals surface area contributed by atoms with Crippen LogP contribution in [0.2, 0.25) is 0 Å². The first-order valence-corrected chi connectivity index (χ1v) is 6.16. The van der Waals surface area contributed by atoms with Crippen LogP contribution in [-0.2, 0) is 0 Å². The average molecular weight is 324 g/mol. The van der Waals surface area contributed by atoms with E-state index in [4.69, 9.17) is 9.52 Å². The minimum absolute atomic E-state index is 0.0777. The molecular formula is C13H10BrNO4. The van der Waals surface area contributed by atoms with Crippen LogP contribution in [0.25, 0.3) is 0 Å². The molecule has 0 spiro atoms. The largest absolute Gasteiger partial charge is 0.478 e. The number of carboxylic acids is 1. The summed E-state index contributed by atoms with van der Waals surface area (Å²) in [5.41, 5.74) is 1.18. The van der Waals surface area contributed by atoms with E-state index in [-0.39, 0.29) is 11.3 Å². The van der Waals surface area contributed by atoms with Gasteiger partial charge in [-0.3, -0.25) is 4.79 Å². The molecule has 0 radical (unpaired) electrons. The Morgan fingerprint density at radius 3 is 2.63 bits per heavy atom. The van der Waals surface area contributed by atoms with Gasteiger partial charge in [0.05, 0.1) is 11.8 Å². The first-order chi connectivity index (χ1) is 8.99. The number of carboxylic acid groups (broad SMARTS) is 1. The van der Waals surface area contributed by atoms with Crippen LogP contribution in [0.15, 0.2) is 39.4 Å². The SMILES string of the molecule is Cc1ccoc1C(=O)Nc1ccc(Br)c(C(=O)O)c1. The summed E-state index contributed by atoms with van der Waals surface area (Å²) < 4.78 is 5.51. The average Bonchev–Trinajstić information content (AvgIpc) is 2.77. The third-order valence-corrected chi connectivity index (χ3v) is 3.21. The molecule has 0 aliphatic rings. The molecule has 2 rings (SSSR count). The highest BCUT2D eigenvalue weighted by molar-refractivity contribution is 9.10. The van der Waals surface area contributed by atoms with Crippen molar-refractivity contribution in [1.82, 2.24) is 0 Å². The van der Waals surface area contributed by atoms with E-state index in [2.05, 4.69) is 21.2 Å². The summed E-state index contributed by atoms with van der Waals surface area (Å²) in [6.45, 7) is 1.75. The number of aromatic carboxylic acids is 1. The van der Waals surface area contributed by atoms with Crippen molar-refractivity contribution in [2.45, 2.75) is 6.92 Å². The maximum atomic E-state index is 11.9. The maximum absolute atomic E-state index is 11.9. The molecule has 5 nitrogen and oxygen atoms in total. The smallest absolute Gasteiger partial charge is 0.336 e. The number of furan rings is 1. The summed E-state index contributed by atoms with van der Waals surface area (Å²) in [5.74, 6) is -1.28. The molecule has 0 aliphatic carbocycles. The van der Waals surface area contributed by atoms with Gasteiger partial charge < -0.3 is 14.8 Å². The topological polar surface area (TPSA) is 79.5 Å². The van der Waals surface area contributed by atoms with Gasteiger partial charge in [-0.25, -0.2) is 4.79 Å². The zero-order valence-electron chi connectivity index (χ0n) is 9.94. The Morgan fingerprint density at radius 2 is 2.05 bits per heavy atom. The first kappa shape index (κ1) is 13.4. The Kier molecular flexibility index (Phi) is 3.71. The molecule has 0 saturated carbocycles. The Balaban J connectivity index is 2.25. The lowest BCUT2D eigenvalue weighted by molar-refractivity contribution is 0.0695. The predicted molar refractivity (Wildman–Crippen MR) is 72.5 cm³/mol. The molecule has 98 valence electrons. The summed E-state index contributed by atoms with van der Waals surface area (Å²) in [6, 6.07) is 6.22. The lowest BCUT2D eigenvalue weighted by atomic mass is 10.2. The number of carbonyl (C=O) groups is 2. The van der Waals surface area contributed by atoms with Gasteiger partial charge in [0.2, 0.25) is 0 Å². The predicted octanol–water partition coefficient (Wildman–Crippen LogP) is 3.30. The maximum Gasteiger partial charge on any atom is 0.336 e. The normalized spacial score (nSPS) is 10.2. The van der Waals surface area contributed by atoms with Gasteiger partial charge in [-0.2, -0.15) is 0 Å². The van der Waals surface area contributed by atoms with E-state index in [0.29, 0.717) is 15.7 Å². The first-order valence-electron chi connectivity index (χ1n) is 5.37. The number of hydrogen-bond acceptors (Lipinski definition) is 3. The second-order valence-corrected chi connectivity index (χ2v) is 4.74. The summed E-state index contributed by atoms with van der Waals surface area (Å²) in [7, 11) is 0. The molecule has 1 amide bonds. The van der Waals surface area contributed by atoms with E-state index in [1.807, 2.05) is 0 Å². The van der Waals surface area contributed by atoms with E-state index in [1.165, 1.54) is 12.3 Å².